The van der Waals surface area contributed by atoms with Gasteiger partial charge in [0.15, 0.2) is 0 Å². The molecule has 0 heterocycles. The summed E-state index contributed by atoms with van der Waals surface area (Å²) in [4.78, 5) is 0. The van der Waals surface area contributed by atoms with Crippen LogP contribution in [0.15, 0.2) is 48.5 Å². The number of hydrogen-bond acceptors (Lipinski definition) is 2. The van der Waals surface area contributed by atoms with Crippen molar-refractivity contribution < 1.29 is 12.8 Å². The van der Waals surface area contributed by atoms with Crippen LogP contribution in [0.4, 0.5) is 4.39 Å². The number of benzene rings is 2. The average Bonchev–Trinajstić information content (AvgIpc) is 2.50. The van der Waals surface area contributed by atoms with Crippen molar-refractivity contribution in [3.63, 3.8) is 0 Å². The van der Waals surface area contributed by atoms with Crippen LogP contribution in [0, 0.1) is 5.82 Å². The molecular weight excluding hydrogens is 325 g/mol. The van der Waals surface area contributed by atoms with Gasteiger partial charge in [0.1, 0.15) is 5.82 Å². The zero-order valence-corrected chi connectivity index (χ0v) is 13.7. The minimum absolute atomic E-state index is 0.0102. The number of nitrogens with one attached hydrogen (secondary N) is 1. The third-order valence-corrected chi connectivity index (χ3v) is 5.00. The molecule has 0 bridgehead atoms. The van der Waals surface area contributed by atoms with E-state index in [1.54, 1.807) is 0 Å². The highest BCUT2D eigenvalue weighted by molar-refractivity contribution is 7.88. The molecule has 2 aromatic carbocycles. The molecule has 0 aliphatic heterocycles. The van der Waals surface area contributed by atoms with E-state index in [9.17, 15) is 12.8 Å². The van der Waals surface area contributed by atoms with Gasteiger partial charge in [-0.2, -0.15) is 0 Å². The van der Waals surface area contributed by atoms with Crippen molar-refractivity contribution in [3.8, 4) is 0 Å². The van der Waals surface area contributed by atoms with Crippen LogP contribution in [0.25, 0.3) is 0 Å². The number of halogens is 2. The lowest BCUT2D eigenvalue weighted by Gasteiger charge is -2.14. The second-order valence-corrected chi connectivity index (χ2v) is 7.33. The van der Waals surface area contributed by atoms with Gasteiger partial charge in [0, 0.05) is 17.1 Å². The molecular formula is C16H17ClFNO2S. The minimum atomic E-state index is -3.66. The molecule has 22 heavy (non-hydrogen) atoms. The lowest BCUT2D eigenvalue weighted by molar-refractivity contribution is 0.569. The Labute approximate surface area is 135 Å². The fourth-order valence-corrected chi connectivity index (χ4v) is 3.65. The van der Waals surface area contributed by atoms with E-state index in [1.165, 1.54) is 18.2 Å². The fraction of sp³-hybridized carbons (Fsp3) is 0.250. The first-order valence-corrected chi connectivity index (χ1v) is 8.87. The molecule has 0 radical (unpaired) electrons. The number of rotatable bonds is 6. The summed E-state index contributed by atoms with van der Waals surface area (Å²) in [5.41, 5.74) is 1.03. The fourth-order valence-electron chi connectivity index (χ4n) is 2.06. The summed E-state index contributed by atoms with van der Waals surface area (Å²) >= 11 is 5.86. The zero-order valence-electron chi connectivity index (χ0n) is 12.1. The van der Waals surface area contributed by atoms with Gasteiger partial charge >= 0.3 is 0 Å². The first kappa shape index (κ1) is 16.9. The van der Waals surface area contributed by atoms with E-state index >= 15 is 0 Å². The molecule has 0 amide bonds. The molecule has 3 nitrogen and oxygen atoms in total. The zero-order chi connectivity index (χ0) is 16.2. The second kappa shape index (κ2) is 7.22. The molecule has 0 saturated carbocycles. The van der Waals surface area contributed by atoms with E-state index in [4.69, 9.17) is 11.6 Å². The summed E-state index contributed by atoms with van der Waals surface area (Å²) in [5, 5.41) is 0.112. The molecule has 6 heteroatoms. The van der Waals surface area contributed by atoms with Crippen LogP contribution < -0.4 is 4.72 Å². The van der Waals surface area contributed by atoms with Gasteiger partial charge in [0.25, 0.3) is 0 Å². The lowest BCUT2D eigenvalue weighted by Crippen LogP contribution is -2.29. The van der Waals surface area contributed by atoms with E-state index < -0.39 is 21.6 Å². The first-order chi connectivity index (χ1) is 10.4. The van der Waals surface area contributed by atoms with Crippen molar-refractivity contribution in [2.45, 2.75) is 18.6 Å². The Morgan fingerprint density at radius 1 is 1.14 bits per heavy atom. The summed E-state index contributed by atoms with van der Waals surface area (Å²) in [6, 6.07) is 13.7. The molecule has 1 unspecified atom stereocenters. The van der Waals surface area contributed by atoms with Gasteiger partial charge in [-0.05, 0) is 23.6 Å². The smallest absolute Gasteiger partial charge is 0.214 e. The van der Waals surface area contributed by atoms with Crippen LogP contribution in [0.2, 0.25) is 5.02 Å². The van der Waals surface area contributed by atoms with Crippen LogP contribution in [0.3, 0.4) is 0 Å². The molecule has 0 fully saturated rings. The maximum absolute atomic E-state index is 13.7. The second-order valence-electron chi connectivity index (χ2n) is 5.12. The Morgan fingerprint density at radius 3 is 2.45 bits per heavy atom. The molecule has 2 aromatic rings. The predicted molar refractivity (Wildman–Crippen MR) is 86.9 cm³/mol. The Kier molecular flexibility index (Phi) is 5.56. The highest BCUT2D eigenvalue weighted by atomic mass is 35.5. The van der Waals surface area contributed by atoms with E-state index in [0.717, 1.165) is 5.56 Å². The predicted octanol–water partition coefficient (Wildman–Crippen LogP) is 3.70. The largest absolute Gasteiger partial charge is 0.215 e. The molecule has 2 rings (SSSR count). The van der Waals surface area contributed by atoms with Crippen molar-refractivity contribution in [1.82, 2.24) is 4.72 Å². The van der Waals surface area contributed by atoms with Crippen LogP contribution in [0.1, 0.15) is 24.0 Å². The van der Waals surface area contributed by atoms with E-state index in [0.29, 0.717) is 0 Å². The van der Waals surface area contributed by atoms with E-state index in [-0.39, 0.29) is 23.0 Å². The maximum Gasteiger partial charge on any atom is 0.215 e. The van der Waals surface area contributed by atoms with Gasteiger partial charge in [-0.15, -0.1) is 0 Å². The van der Waals surface area contributed by atoms with E-state index in [1.807, 2.05) is 37.3 Å². The summed E-state index contributed by atoms with van der Waals surface area (Å²) in [6.45, 7) is 2.17. The van der Waals surface area contributed by atoms with Crippen molar-refractivity contribution in [2.75, 3.05) is 6.54 Å². The summed E-state index contributed by atoms with van der Waals surface area (Å²) < 4.78 is 40.4. The SMILES string of the molecule is CC(CNS(=O)(=O)Cc1c(F)cccc1Cl)c1ccccc1. The molecule has 0 aliphatic rings. The topological polar surface area (TPSA) is 46.2 Å². The van der Waals surface area contributed by atoms with Crippen LogP contribution in [-0.4, -0.2) is 15.0 Å². The van der Waals surface area contributed by atoms with Gasteiger partial charge in [0.2, 0.25) is 10.0 Å². The van der Waals surface area contributed by atoms with E-state index in [2.05, 4.69) is 4.72 Å². The monoisotopic (exact) mass is 341 g/mol. The van der Waals surface area contributed by atoms with Gasteiger partial charge in [-0.3, -0.25) is 0 Å². The molecule has 118 valence electrons. The highest BCUT2D eigenvalue weighted by Gasteiger charge is 2.18. The average molecular weight is 342 g/mol. The summed E-state index contributed by atoms with van der Waals surface area (Å²) in [7, 11) is -3.66. The number of hydrogen-bond donors (Lipinski definition) is 1. The molecule has 1 atom stereocenters. The third-order valence-electron chi connectivity index (χ3n) is 3.37. The number of sulfonamides is 1. The van der Waals surface area contributed by atoms with Crippen LogP contribution in [-0.2, 0) is 15.8 Å². The minimum Gasteiger partial charge on any atom is -0.214 e. The van der Waals surface area contributed by atoms with Gasteiger partial charge in [-0.1, -0.05) is 54.9 Å². The molecule has 0 aromatic heterocycles. The summed E-state index contributed by atoms with van der Waals surface area (Å²) in [6.07, 6.45) is 0. The Hall–Kier alpha value is -1.43. The molecule has 1 N–H and O–H groups in total. The van der Waals surface area contributed by atoms with Crippen LogP contribution >= 0.6 is 11.6 Å². The quantitative estimate of drug-likeness (QED) is 0.870. The highest BCUT2D eigenvalue weighted by Crippen LogP contribution is 2.21. The van der Waals surface area contributed by atoms with Crippen molar-refractivity contribution >= 4 is 21.6 Å². The Bertz CT molecular complexity index is 715. The maximum atomic E-state index is 13.7. The van der Waals surface area contributed by atoms with Crippen molar-refractivity contribution in [2.24, 2.45) is 0 Å². The molecule has 0 spiro atoms. The van der Waals surface area contributed by atoms with Crippen molar-refractivity contribution in [3.05, 3.63) is 70.5 Å². The lowest BCUT2D eigenvalue weighted by atomic mass is 10.0. The Morgan fingerprint density at radius 2 is 1.82 bits per heavy atom. The summed E-state index contributed by atoms with van der Waals surface area (Å²) in [5.74, 6) is -1.07. The van der Waals surface area contributed by atoms with Gasteiger partial charge in [-0.25, -0.2) is 17.5 Å². The van der Waals surface area contributed by atoms with Crippen molar-refractivity contribution in [1.29, 1.82) is 0 Å². The third kappa shape index (κ3) is 4.53. The normalized spacial score (nSPS) is 13.0. The standard InChI is InChI=1S/C16H17ClFNO2S/c1-12(13-6-3-2-4-7-13)10-19-22(20,21)11-14-15(17)8-5-9-16(14)18/h2-9,12,19H,10-11H2,1H3. The van der Waals surface area contributed by atoms with Gasteiger partial charge < -0.3 is 0 Å². The van der Waals surface area contributed by atoms with Crippen LogP contribution in [0.5, 0.6) is 0 Å². The molecule has 0 saturated heterocycles. The van der Waals surface area contributed by atoms with Gasteiger partial charge in [0.05, 0.1) is 5.75 Å². The Balaban J connectivity index is 2.03. The molecule has 0 aliphatic carbocycles. The first-order valence-electron chi connectivity index (χ1n) is 6.84.